The molecule has 0 radical (unpaired) electrons. The van der Waals surface area contributed by atoms with Gasteiger partial charge in [0.2, 0.25) is 5.95 Å². The van der Waals surface area contributed by atoms with Crippen molar-refractivity contribution in [1.82, 2.24) is 9.55 Å². The SMILES string of the molecule is CCCCCn1c(Nc2ccccc2Cl)nc2ccccc21. The van der Waals surface area contributed by atoms with E-state index in [-0.39, 0.29) is 0 Å². The van der Waals surface area contributed by atoms with Crippen LogP contribution in [0.15, 0.2) is 48.5 Å². The summed E-state index contributed by atoms with van der Waals surface area (Å²) in [5.41, 5.74) is 3.05. The van der Waals surface area contributed by atoms with Crippen LogP contribution in [-0.4, -0.2) is 9.55 Å². The van der Waals surface area contributed by atoms with Crippen LogP contribution in [0.4, 0.5) is 11.6 Å². The minimum atomic E-state index is 0.703. The molecule has 0 unspecified atom stereocenters. The Morgan fingerprint density at radius 2 is 1.82 bits per heavy atom. The molecule has 0 atom stereocenters. The number of para-hydroxylation sites is 3. The molecule has 0 fully saturated rings. The quantitative estimate of drug-likeness (QED) is 0.598. The minimum absolute atomic E-state index is 0.703. The van der Waals surface area contributed by atoms with Crippen molar-refractivity contribution in [2.24, 2.45) is 0 Å². The van der Waals surface area contributed by atoms with Crippen LogP contribution in [0, 0.1) is 0 Å². The van der Waals surface area contributed by atoms with Crippen LogP contribution in [0.25, 0.3) is 11.0 Å². The molecule has 1 heterocycles. The number of imidazole rings is 1. The average molecular weight is 314 g/mol. The molecule has 3 aromatic rings. The van der Waals surface area contributed by atoms with Gasteiger partial charge in [-0.2, -0.15) is 0 Å². The largest absolute Gasteiger partial charge is 0.324 e. The number of nitrogens with zero attached hydrogens (tertiary/aromatic N) is 2. The Morgan fingerprint density at radius 3 is 2.64 bits per heavy atom. The number of nitrogens with one attached hydrogen (secondary N) is 1. The van der Waals surface area contributed by atoms with Gasteiger partial charge in [0.1, 0.15) is 0 Å². The molecule has 0 aliphatic carbocycles. The topological polar surface area (TPSA) is 29.9 Å². The zero-order valence-electron chi connectivity index (χ0n) is 12.7. The number of anilines is 2. The third kappa shape index (κ3) is 3.09. The van der Waals surface area contributed by atoms with Crippen molar-refractivity contribution in [3.05, 3.63) is 53.6 Å². The number of hydrogen-bond acceptors (Lipinski definition) is 2. The fourth-order valence-corrected chi connectivity index (χ4v) is 2.78. The highest BCUT2D eigenvalue weighted by Crippen LogP contribution is 2.27. The predicted molar refractivity (Wildman–Crippen MR) is 94.0 cm³/mol. The Morgan fingerprint density at radius 1 is 1.05 bits per heavy atom. The lowest BCUT2D eigenvalue weighted by molar-refractivity contribution is 0.618. The van der Waals surface area contributed by atoms with E-state index in [2.05, 4.69) is 28.9 Å². The molecular weight excluding hydrogens is 294 g/mol. The molecule has 0 saturated heterocycles. The van der Waals surface area contributed by atoms with E-state index < -0.39 is 0 Å². The molecule has 1 aromatic heterocycles. The van der Waals surface area contributed by atoms with Gasteiger partial charge in [0, 0.05) is 6.54 Å². The van der Waals surface area contributed by atoms with Crippen molar-refractivity contribution in [2.45, 2.75) is 32.7 Å². The number of aryl methyl sites for hydroxylation is 1. The number of unbranched alkanes of at least 4 members (excludes halogenated alkanes) is 2. The number of halogens is 1. The van der Waals surface area contributed by atoms with Crippen molar-refractivity contribution >= 4 is 34.3 Å². The van der Waals surface area contributed by atoms with Gasteiger partial charge in [-0.3, -0.25) is 0 Å². The van der Waals surface area contributed by atoms with Crippen LogP contribution in [0.3, 0.4) is 0 Å². The Bertz CT molecular complexity index is 764. The first kappa shape index (κ1) is 14.9. The third-order valence-electron chi connectivity index (χ3n) is 3.76. The van der Waals surface area contributed by atoms with E-state index in [1.165, 1.54) is 12.8 Å². The Hall–Kier alpha value is -2.00. The van der Waals surface area contributed by atoms with Gasteiger partial charge < -0.3 is 9.88 Å². The summed E-state index contributed by atoms with van der Waals surface area (Å²) in [6.45, 7) is 3.18. The van der Waals surface area contributed by atoms with Gasteiger partial charge in [-0.15, -0.1) is 0 Å². The summed E-state index contributed by atoms with van der Waals surface area (Å²) < 4.78 is 2.24. The molecular formula is C18H20ClN3. The number of aromatic nitrogens is 2. The summed E-state index contributed by atoms with van der Waals surface area (Å²) in [4.78, 5) is 4.72. The first-order valence-corrected chi connectivity index (χ1v) is 8.14. The van der Waals surface area contributed by atoms with E-state index in [1.807, 2.05) is 36.4 Å². The van der Waals surface area contributed by atoms with Gasteiger partial charge >= 0.3 is 0 Å². The van der Waals surface area contributed by atoms with Crippen molar-refractivity contribution in [3.63, 3.8) is 0 Å². The smallest absolute Gasteiger partial charge is 0.208 e. The molecule has 4 heteroatoms. The summed E-state index contributed by atoms with van der Waals surface area (Å²) in [7, 11) is 0. The highest BCUT2D eigenvalue weighted by atomic mass is 35.5. The zero-order valence-corrected chi connectivity index (χ0v) is 13.5. The van der Waals surface area contributed by atoms with Gasteiger partial charge in [0.15, 0.2) is 0 Å². The Labute approximate surface area is 135 Å². The number of hydrogen-bond donors (Lipinski definition) is 1. The van der Waals surface area contributed by atoms with Crippen LogP contribution in [0.2, 0.25) is 5.02 Å². The molecule has 0 spiro atoms. The molecule has 22 heavy (non-hydrogen) atoms. The maximum Gasteiger partial charge on any atom is 0.208 e. The van der Waals surface area contributed by atoms with Crippen molar-refractivity contribution in [3.8, 4) is 0 Å². The summed E-state index contributed by atoms with van der Waals surface area (Å²) in [5.74, 6) is 0.852. The molecule has 0 amide bonds. The van der Waals surface area contributed by atoms with Crippen LogP contribution in [0.1, 0.15) is 26.2 Å². The summed E-state index contributed by atoms with van der Waals surface area (Å²) in [6, 6.07) is 16.0. The van der Waals surface area contributed by atoms with Crippen LogP contribution in [-0.2, 0) is 6.54 Å². The second kappa shape index (κ2) is 6.84. The number of benzene rings is 2. The molecule has 2 aromatic carbocycles. The van der Waals surface area contributed by atoms with Crippen molar-refractivity contribution in [2.75, 3.05) is 5.32 Å². The van der Waals surface area contributed by atoms with E-state index >= 15 is 0 Å². The number of rotatable bonds is 6. The summed E-state index contributed by atoms with van der Waals surface area (Å²) in [5, 5.41) is 4.08. The normalized spacial score (nSPS) is 11.0. The monoisotopic (exact) mass is 313 g/mol. The Balaban J connectivity index is 1.97. The van der Waals surface area contributed by atoms with Crippen molar-refractivity contribution in [1.29, 1.82) is 0 Å². The molecule has 0 aliphatic rings. The van der Waals surface area contributed by atoms with Gasteiger partial charge in [-0.25, -0.2) is 4.98 Å². The summed E-state index contributed by atoms with van der Waals surface area (Å²) in [6.07, 6.45) is 3.58. The van der Waals surface area contributed by atoms with Gasteiger partial charge in [0.25, 0.3) is 0 Å². The van der Waals surface area contributed by atoms with Crippen LogP contribution in [0.5, 0.6) is 0 Å². The van der Waals surface area contributed by atoms with E-state index in [0.29, 0.717) is 5.02 Å². The molecule has 3 nitrogen and oxygen atoms in total. The molecule has 1 N–H and O–H groups in total. The second-order valence-corrected chi connectivity index (χ2v) is 5.79. The van der Waals surface area contributed by atoms with E-state index in [4.69, 9.17) is 16.6 Å². The van der Waals surface area contributed by atoms with Gasteiger partial charge in [-0.05, 0) is 30.7 Å². The van der Waals surface area contributed by atoms with Crippen LogP contribution < -0.4 is 5.32 Å². The molecule has 0 bridgehead atoms. The van der Waals surface area contributed by atoms with Gasteiger partial charge in [0.05, 0.1) is 21.7 Å². The highest BCUT2D eigenvalue weighted by molar-refractivity contribution is 6.33. The van der Waals surface area contributed by atoms with E-state index in [0.717, 1.165) is 35.6 Å². The van der Waals surface area contributed by atoms with Crippen LogP contribution >= 0.6 is 11.6 Å². The lowest BCUT2D eigenvalue weighted by Crippen LogP contribution is -2.04. The van der Waals surface area contributed by atoms with Crippen molar-refractivity contribution < 1.29 is 0 Å². The Kier molecular flexibility index (Phi) is 4.64. The first-order valence-electron chi connectivity index (χ1n) is 7.76. The standard InChI is InChI=1S/C18H20ClN3/c1-2-3-8-13-22-17-12-7-6-11-16(17)21-18(22)20-15-10-5-4-9-14(15)19/h4-7,9-12H,2-3,8,13H2,1H3,(H,20,21). The summed E-state index contributed by atoms with van der Waals surface area (Å²) >= 11 is 6.25. The second-order valence-electron chi connectivity index (χ2n) is 5.39. The fraction of sp³-hybridized carbons (Fsp3) is 0.278. The maximum atomic E-state index is 6.25. The zero-order chi connectivity index (χ0) is 15.4. The predicted octanol–water partition coefficient (Wildman–Crippen LogP) is 5.62. The highest BCUT2D eigenvalue weighted by Gasteiger charge is 2.11. The van der Waals surface area contributed by atoms with Gasteiger partial charge in [-0.1, -0.05) is 55.6 Å². The van der Waals surface area contributed by atoms with E-state index in [1.54, 1.807) is 0 Å². The molecule has 114 valence electrons. The number of fused-ring (bicyclic) bond motifs is 1. The minimum Gasteiger partial charge on any atom is -0.324 e. The molecule has 0 aliphatic heterocycles. The lowest BCUT2D eigenvalue weighted by Gasteiger charge is -2.11. The third-order valence-corrected chi connectivity index (χ3v) is 4.09. The first-order chi connectivity index (χ1) is 10.8. The lowest BCUT2D eigenvalue weighted by atomic mass is 10.2. The fourth-order valence-electron chi connectivity index (χ4n) is 2.60. The molecule has 3 rings (SSSR count). The average Bonchev–Trinajstić information content (AvgIpc) is 2.88. The van der Waals surface area contributed by atoms with E-state index in [9.17, 15) is 0 Å². The molecule has 0 saturated carbocycles. The maximum absolute atomic E-state index is 6.25.